The topological polar surface area (TPSA) is 110 Å². The van der Waals surface area contributed by atoms with Gasteiger partial charge in [-0.05, 0) is 18.2 Å². The molecule has 7 nitrogen and oxygen atoms in total. The van der Waals surface area contributed by atoms with Crippen LogP contribution in [0.25, 0.3) is 0 Å². The van der Waals surface area contributed by atoms with Crippen LogP contribution in [0.15, 0.2) is 35.1 Å². The third-order valence-electron chi connectivity index (χ3n) is 2.45. The molecular weight excluding hydrogens is 328 g/mol. The lowest BCUT2D eigenvalue weighted by atomic mass is 10.1. The highest BCUT2D eigenvalue weighted by Gasteiger charge is 2.11. The number of nitrogens with zero attached hydrogens (tertiary/aromatic N) is 2. The van der Waals surface area contributed by atoms with E-state index in [1.807, 2.05) is 0 Å². The largest absolute Gasteiger partial charge is 0.480 e. The molecule has 0 fully saturated rings. The number of nitrogens with two attached hydrogens (primary N) is 1. The molecule has 1 amide bonds. The van der Waals surface area contributed by atoms with Crippen LogP contribution in [0.1, 0.15) is 10.4 Å². The molecule has 0 saturated carbocycles. The SMILES string of the molecule is Nc1cc(Br)ccc1C(=O)Nc1cnn(CC(=O)O)c1. The minimum atomic E-state index is -1.01. The molecule has 2 aromatic rings. The minimum absolute atomic E-state index is 0.268. The summed E-state index contributed by atoms with van der Waals surface area (Å²) >= 11 is 3.26. The quantitative estimate of drug-likeness (QED) is 0.733. The van der Waals surface area contributed by atoms with E-state index >= 15 is 0 Å². The standard InChI is InChI=1S/C12H11BrN4O3/c13-7-1-2-9(10(14)3-7)12(20)16-8-4-15-17(5-8)6-11(18)19/h1-5H,6,14H2,(H,16,20)(H,18,19). The summed E-state index contributed by atoms with van der Waals surface area (Å²) in [5.74, 6) is -1.40. The Labute approximate surface area is 122 Å². The van der Waals surface area contributed by atoms with Gasteiger partial charge in [0.2, 0.25) is 0 Å². The zero-order valence-electron chi connectivity index (χ0n) is 10.2. The molecule has 0 unspecified atom stereocenters. The van der Waals surface area contributed by atoms with Crippen molar-refractivity contribution in [1.82, 2.24) is 9.78 Å². The van der Waals surface area contributed by atoms with Crippen molar-refractivity contribution in [2.75, 3.05) is 11.1 Å². The predicted octanol–water partition coefficient (Wildman–Crippen LogP) is 1.56. The van der Waals surface area contributed by atoms with Crippen LogP contribution in [0.4, 0.5) is 11.4 Å². The maximum absolute atomic E-state index is 12.0. The molecule has 1 aromatic carbocycles. The van der Waals surface area contributed by atoms with E-state index in [-0.39, 0.29) is 12.5 Å². The van der Waals surface area contributed by atoms with Gasteiger partial charge in [-0.25, -0.2) is 0 Å². The molecule has 0 saturated heterocycles. The first-order valence-electron chi connectivity index (χ1n) is 5.56. The molecule has 1 heterocycles. The summed E-state index contributed by atoms with van der Waals surface area (Å²) in [6, 6.07) is 4.93. The number of halogens is 1. The molecule has 0 aliphatic heterocycles. The third kappa shape index (κ3) is 3.35. The second kappa shape index (κ2) is 5.74. The van der Waals surface area contributed by atoms with Crippen molar-refractivity contribution in [3.8, 4) is 0 Å². The molecule has 0 atom stereocenters. The van der Waals surface area contributed by atoms with Crippen molar-refractivity contribution in [1.29, 1.82) is 0 Å². The van der Waals surface area contributed by atoms with Crippen LogP contribution < -0.4 is 11.1 Å². The summed E-state index contributed by atoms with van der Waals surface area (Å²) in [6.45, 7) is -0.268. The maximum Gasteiger partial charge on any atom is 0.325 e. The molecule has 0 aliphatic carbocycles. The lowest BCUT2D eigenvalue weighted by molar-refractivity contribution is -0.137. The Morgan fingerprint density at radius 2 is 2.20 bits per heavy atom. The van der Waals surface area contributed by atoms with Gasteiger partial charge in [0.05, 0.1) is 17.4 Å². The van der Waals surface area contributed by atoms with E-state index in [1.54, 1.807) is 18.2 Å². The molecule has 4 N–H and O–H groups in total. The van der Waals surface area contributed by atoms with Crippen LogP contribution in [-0.4, -0.2) is 26.8 Å². The summed E-state index contributed by atoms with van der Waals surface area (Å²) in [6.07, 6.45) is 2.80. The van der Waals surface area contributed by atoms with Gasteiger partial charge < -0.3 is 16.2 Å². The Bertz CT molecular complexity index is 668. The Kier molecular flexibility index (Phi) is 4.04. The van der Waals surface area contributed by atoms with E-state index in [2.05, 4.69) is 26.3 Å². The number of nitrogen functional groups attached to an aromatic ring is 1. The van der Waals surface area contributed by atoms with Gasteiger partial charge in [0.15, 0.2) is 0 Å². The second-order valence-electron chi connectivity index (χ2n) is 4.01. The molecule has 1 aromatic heterocycles. The molecule has 0 bridgehead atoms. The number of amides is 1. The van der Waals surface area contributed by atoms with Gasteiger partial charge in [-0.2, -0.15) is 5.10 Å². The number of carbonyl (C=O) groups excluding carboxylic acids is 1. The van der Waals surface area contributed by atoms with E-state index in [9.17, 15) is 9.59 Å². The zero-order valence-corrected chi connectivity index (χ0v) is 11.8. The predicted molar refractivity (Wildman–Crippen MR) is 76.4 cm³/mol. The van der Waals surface area contributed by atoms with Crippen molar-refractivity contribution < 1.29 is 14.7 Å². The van der Waals surface area contributed by atoms with E-state index in [0.717, 1.165) is 4.47 Å². The number of rotatable bonds is 4. The van der Waals surface area contributed by atoms with E-state index in [4.69, 9.17) is 10.8 Å². The van der Waals surface area contributed by atoms with Crippen molar-refractivity contribution >= 4 is 39.2 Å². The molecular formula is C12H11BrN4O3. The molecule has 8 heteroatoms. The van der Waals surface area contributed by atoms with Crippen LogP contribution in [0.3, 0.4) is 0 Å². The van der Waals surface area contributed by atoms with E-state index in [1.165, 1.54) is 17.1 Å². The number of benzene rings is 1. The lowest BCUT2D eigenvalue weighted by Gasteiger charge is -2.06. The smallest absolute Gasteiger partial charge is 0.325 e. The van der Waals surface area contributed by atoms with Gasteiger partial charge in [-0.1, -0.05) is 15.9 Å². The molecule has 104 valence electrons. The number of carbonyl (C=O) groups is 2. The summed E-state index contributed by atoms with van der Waals surface area (Å²) in [5.41, 5.74) is 6.83. The number of hydrogen-bond acceptors (Lipinski definition) is 4. The Morgan fingerprint density at radius 1 is 1.45 bits per heavy atom. The number of carboxylic acids is 1. The first kappa shape index (κ1) is 14.1. The zero-order chi connectivity index (χ0) is 14.7. The summed E-state index contributed by atoms with van der Waals surface area (Å²) in [5, 5.41) is 15.1. The minimum Gasteiger partial charge on any atom is -0.480 e. The first-order chi connectivity index (χ1) is 9.45. The van der Waals surface area contributed by atoms with Gasteiger partial charge >= 0.3 is 5.97 Å². The van der Waals surface area contributed by atoms with Crippen LogP contribution in [0.2, 0.25) is 0 Å². The van der Waals surface area contributed by atoms with Gasteiger partial charge in [0.1, 0.15) is 6.54 Å². The highest BCUT2D eigenvalue weighted by Crippen LogP contribution is 2.19. The molecule has 0 spiro atoms. The Morgan fingerprint density at radius 3 is 2.85 bits per heavy atom. The number of hydrogen-bond donors (Lipinski definition) is 3. The summed E-state index contributed by atoms with van der Waals surface area (Å²) < 4.78 is 1.99. The highest BCUT2D eigenvalue weighted by atomic mass is 79.9. The second-order valence-corrected chi connectivity index (χ2v) is 4.92. The normalized spacial score (nSPS) is 10.2. The van der Waals surface area contributed by atoms with Crippen molar-refractivity contribution in [3.63, 3.8) is 0 Å². The first-order valence-corrected chi connectivity index (χ1v) is 6.35. The highest BCUT2D eigenvalue weighted by molar-refractivity contribution is 9.10. The third-order valence-corrected chi connectivity index (χ3v) is 2.94. The number of carboxylic acid groups (broad SMARTS) is 1. The monoisotopic (exact) mass is 338 g/mol. The molecule has 20 heavy (non-hydrogen) atoms. The summed E-state index contributed by atoms with van der Waals surface area (Å²) in [7, 11) is 0. The molecule has 0 radical (unpaired) electrons. The number of aromatic nitrogens is 2. The average Bonchev–Trinajstić information content (AvgIpc) is 2.75. The number of anilines is 2. The van der Waals surface area contributed by atoms with E-state index in [0.29, 0.717) is 16.9 Å². The molecule has 2 rings (SSSR count). The van der Waals surface area contributed by atoms with E-state index < -0.39 is 5.97 Å². The Hall–Kier alpha value is -2.35. The van der Waals surface area contributed by atoms with Crippen LogP contribution in [-0.2, 0) is 11.3 Å². The van der Waals surface area contributed by atoms with Crippen molar-refractivity contribution in [3.05, 3.63) is 40.6 Å². The van der Waals surface area contributed by atoms with Crippen molar-refractivity contribution in [2.24, 2.45) is 0 Å². The fourth-order valence-corrected chi connectivity index (χ4v) is 1.97. The number of nitrogens with one attached hydrogen (secondary N) is 1. The fraction of sp³-hybridized carbons (Fsp3) is 0.0833. The van der Waals surface area contributed by atoms with Gasteiger partial charge in [-0.15, -0.1) is 0 Å². The lowest BCUT2D eigenvalue weighted by Crippen LogP contribution is -2.13. The maximum atomic E-state index is 12.0. The van der Waals surface area contributed by atoms with Crippen LogP contribution in [0, 0.1) is 0 Å². The summed E-state index contributed by atoms with van der Waals surface area (Å²) in [4.78, 5) is 22.5. The molecule has 0 aliphatic rings. The van der Waals surface area contributed by atoms with Gasteiger partial charge in [-0.3, -0.25) is 14.3 Å². The van der Waals surface area contributed by atoms with Gasteiger partial charge in [0, 0.05) is 16.4 Å². The van der Waals surface area contributed by atoms with Gasteiger partial charge in [0.25, 0.3) is 5.91 Å². The van der Waals surface area contributed by atoms with Crippen molar-refractivity contribution in [2.45, 2.75) is 6.54 Å². The Balaban J connectivity index is 2.11. The average molecular weight is 339 g/mol. The fourth-order valence-electron chi connectivity index (χ4n) is 1.59. The van der Waals surface area contributed by atoms with Crippen LogP contribution >= 0.6 is 15.9 Å². The number of aliphatic carboxylic acids is 1. The van der Waals surface area contributed by atoms with Crippen LogP contribution in [0.5, 0.6) is 0 Å².